The van der Waals surface area contributed by atoms with Crippen LogP contribution in [0.25, 0.3) is 0 Å². The summed E-state index contributed by atoms with van der Waals surface area (Å²) in [5.41, 5.74) is -0.653. The number of ether oxygens (including phenoxy) is 1. The van der Waals surface area contributed by atoms with E-state index in [1.54, 1.807) is 30.3 Å². The monoisotopic (exact) mass is 274 g/mol. The highest BCUT2D eigenvalue weighted by atomic mass is 32.2. The van der Waals surface area contributed by atoms with Crippen molar-refractivity contribution in [2.45, 2.75) is 22.9 Å². The Labute approximate surface area is 112 Å². The Morgan fingerprint density at radius 1 is 0.947 bits per heavy atom. The maximum absolute atomic E-state index is 12.5. The molecule has 1 saturated heterocycles. The molecule has 2 aromatic rings. The van der Waals surface area contributed by atoms with Crippen LogP contribution in [0.1, 0.15) is 12.5 Å². The molecule has 1 aliphatic heterocycles. The van der Waals surface area contributed by atoms with Crippen LogP contribution in [0.5, 0.6) is 0 Å². The number of benzene rings is 2. The van der Waals surface area contributed by atoms with Crippen LogP contribution in [0.2, 0.25) is 0 Å². The predicted octanol–water partition coefficient (Wildman–Crippen LogP) is 2.73. The van der Waals surface area contributed by atoms with Crippen molar-refractivity contribution in [3.05, 3.63) is 66.2 Å². The second kappa shape index (κ2) is 4.18. The molecule has 2 unspecified atom stereocenters. The van der Waals surface area contributed by atoms with Crippen LogP contribution in [-0.2, 0) is 20.2 Å². The fraction of sp³-hybridized carbons (Fsp3) is 0.200. The van der Waals surface area contributed by atoms with Gasteiger partial charge in [0.15, 0.2) is 5.44 Å². The molecule has 2 atom stereocenters. The molecule has 0 saturated carbocycles. The Balaban J connectivity index is 1.95. The van der Waals surface area contributed by atoms with E-state index in [1.165, 1.54) is 0 Å². The molecule has 0 amide bonds. The summed E-state index contributed by atoms with van der Waals surface area (Å²) >= 11 is 0. The van der Waals surface area contributed by atoms with Gasteiger partial charge in [0.25, 0.3) is 0 Å². The van der Waals surface area contributed by atoms with Gasteiger partial charge in [-0.15, -0.1) is 0 Å². The third-order valence-electron chi connectivity index (χ3n) is 3.44. The van der Waals surface area contributed by atoms with Crippen molar-refractivity contribution in [3.8, 4) is 0 Å². The van der Waals surface area contributed by atoms with E-state index in [-0.39, 0.29) is 0 Å². The van der Waals surface area contributed by atoms with Gasteiger partial charge >= 0.3 is 0 Å². The second-order valence-corrected chi connectivity index (χ2v) is 6.77. The zero-order valence-corrected chi connectivity index (χ0v) is 11.3. The minimum Gasteiger partial charge on any atom is -0.344 e. The van der Waals surface area contributed by atoms with Crippen LogP contribution in [0, 0.1) is 0 Å². The summed E-state index contributed by atoms with van der Waals surface area (Å²) in [5.74, 6) is 0. The van der Waals surface area contributed by atoms with Gasteiger partial charge in [0, 0.05) is 0 Å². The van der Waals surface area contributed by atoms with E-state index in [0.29, 0.717) is 4.90 Å². The molecule has 0 aromatic heterocycles. The lowest BCUT2D eigenvalue weighted by Gasteiger charge is -2.07. The van der Waals surface area contributed by atoms with Gasteiger partial charge in [0.05, 0.1) is 4.90 Å². The summed E-state index contributed by atoms with van der Waals surface area (Å²) in [6.07, 6.45) is 0. The number of hydrogen-bond acceptors (Lipinski definition) is 3. The van der Waals surface area contributed by atoms with E-state index in [1.807, 2.05) is 37.3 Å². The van der Waals surface area contributed by atoms with Gasteiger partial charge in [0.2, 0.25) is 9.84 Å². The molecule has 1 fully saturated rings. The minimum absolute atomic E-state index is 0.305. The number of rotatable bonds is 3. The van der Waals surface area contributed by atoms with Gasteiger partial charge in [-0.25, -0.2) is 8.42 Å². The van der Waals surface area contributed by atoms with Crippen LogP contribution < -0.4 is 0 Å². The van der Waals surface area contributed by atoms with Crippen molar-refractivity contribution in [2.24, 2.45) is 0 Å². The van der Waals surface area contributed by atoms with Crippen molar-refractivity contribution in [2.75, 3.05) is 0 Å². The number of sulfone groups is 1. The predicted molar refractivity (Wildman–Crippen MR) is 72.3 cm³/mol. The van der Waals surface area contributed by atoms with Crippen molar-refractivity contribution < 1.29 is 13.2 Å². The molecule has 98 valence electrons. The highest BCUT2D eigenvalue weighted by molar-refractivity contribution is 7.92. The summed E-state index contributed by atoms with van der Waals surface area (Å²) in [5, 5.41) is 0. The fourth-order valence-electron chi connectivity index (χ4n) is 2.25. The maximum atomic E-state index is 12.5. The smallest absolute Gasteiger partial charge is 0.208 e. The Morgan fingerprint density at radius 3 is 2.05 bits per heavy atom. The minimum atomic E-state index is -3.44. The van der Waals surface area contributed by atoms with Gasteiger partial charge in [-0.1, -0.05) is 48.5 Å². The van der Waals surface area contributed by atoms with E-state index < -0.39 is 20.9 Å². The molecule has 0 radical (unpaired) electrons. The third kappa shape index (κ3) is 1.97. The molecule has 3 nitrogen and oxygen atoms in total. The van der Waals surface area contributed by atoms with E-state index >= 15 is 0 Å². The lowest BCUT2D eigenvalue weighted by atomic mass is 10.0. The average molecular weight is 274 g/mol. The first-order chi connectivity index (χ1) is 9.05. The molecular weight excluding hydrogens is 260 g/mol. The van der Waals surface area contributed by atoms with Crippen LogP contribution in [-0.4, -0.2) is 13.9 Å². The molecule has 0 spiro atoms. The average Bonchev–Trinajstić information content (AvgIpc) is 3.16. The van der Waals surface area contributed by atoms with Crippen LogP contribution in [0.15, 0.2) is 65.6 Å². The second-order valence-electron chi connectivity index (χ2n) is 4.78. The SMILES string of the molecule is CC1(c2ccccc2)OC1S(=O)(=O)c1ccccc1. The van der Waals surface area contributed by atoms with E-state index in [4.69, 9.17) is 4.74 Å². The highest BCUT2D eigenvalue weighted by Crippen LogP contribution is 2.50. The fourth-order valence-corrected chi connectivity index (χ4v) is 4.09. The number of hydrogen-bond donors (Lipinski definition) is 0. The van der Waals surface area contributed by atoms with Gasteiger partial charge in [-0.2, -0.15) is 0 Å². The molecule has 0 bridgehead atoms. The molecule has 0 aliphatic carbocycles. The van der Waals surface area contributed by atoms with Gasteiger partial charge < -0.3 is 4.74 Å². The molecular formula is C15H14O3S. The standard InChI is InChI=1S/C15H14O3S/c1-15(12-8-4-2-5-9-12)14(18-15)19(16,17)13-10-6-3-7-11-13/h2-11,14H,1H3. The van der Waals surface area contributed by atoms with Crippen LogP contribution in [0.4, 0.5) is 0 Å². The lowest BCUT2D eigenvalue weighted by Crippen LogP contribution is -2.17. The quantitative estimate of drug-likeness (QED) is 0.808. The molecule has 19 heavy (non-hydrogen) atoms. The highest BCUT2D eigenvalue weighted by Gasteiger charge is 2.61. The van der Waals surface area contributed by atoms with Crippen molar-refractivity contribution in [1.82, 2.24) is 0 Å². The topological polar surface area (TPSA) is 46.7 Å². The largest absolute Gasteiger partial charge is 0.344 e. The molecule has 1 heterocycles. The van der Waals surface area contributed by atoms with Crippen LogP contribution in [0.3, 0.4) is 0 Å². The Kier molecular flexibility index (Phi) is 2.73. The van der Waals surface area contributed by atoms with Gasteiger partial charge in [0.1, 0.15) is 5.60 Å². The van der Waals surface area contributed by atoms with Crippen molar-refractivity contribution in [3.63, 3.8) is 0 Å². The third-order valence-corrected chi connectivity index (χ3v) is 5.48. The van der Waals surface area contributed by atoms with Crippen molar-refractivity contribution >= 4 is 9.84 Å². The zero-order valence-electron chi connectivity index (χ0n) is 10.5. The van der Waals surface area contributed by atoms with Gasteiger partial charge in [-0.3, -0.25) is 0 Å². The normalized spacial score (nSPS) is 26.1. The van der Waals surface area contributed by atoms with Crippen LogP contribution >= 0.6 is 0 Å². The first-order valence-corrected chi connectivity index (χ1v) is 7.62. The maximum Gasteiger partial charge on any atom is 0.208 e. The summed E-state index contributed by atoms with van der Waals surface area (Å²) in [6, 6.07) is 17.9. The Hall–Kier alpha value is -1.65. The first kappa shape index (κ1) is 12.4. The molecule has 1 aliphatic rings. The zero-order chi connectivity index (χ0) is 13.5. The Morgan fingerprint density at radius 2 is 1.47 bits per heavy atom. The molecule has 2 aromatic carbocycles. The summed E-state index contributed by atoms with van der Waals surface area (Å²) in [4.78, 5) is 0.305. The molecule has 3 rings (SSSR count). The van der Waals surface area contributed by atoms with Crippen molar-refractivity contribution in [1.29, 1.82) is 0 Å². The van der Waals surface area contributed by atoms with E-state index in [2.05, 4.69) is 0 Å². The first-order valence-electron chi connectivity index (χ1n) is 6.07. The summed E-state index contributed by atoms with van der Waals surface area (Å²) < 4.78 is 30.4. The number of epoxide rings is 1. The summed E-state index contributed by atoms with van der Waals surface area (Å²) in [7, 11) is -3.44. The molecule has 4 heteroatoms. The Bertz CT molecular complexity index is 680. The van der Waals surface area contributed by atoms with E-state index in [0.717, 1.165) is 5.56 Å². The lowest BCUT2D eigenvalue weighted by molar-refractivity contribution is 0.323. The molecule has 0 N–H and O–H groups in total. The van der Waals surface area contributed by atoms with Gasteiger partial charge in [-0.05, 0) is 24.6 Å². The van der Waals surface area contributed by atoms with E-state index in [9.17, 15) is 8.42 Å². The summed E-state index contributed by atoms with van der Waals surface area (Å²) in [6.45, 7) is 1.81.